The van der Waals surface area contributed by atoms with Gasteiger partial charge in [-0.2, -0.15) is 0 Å². The van der Waals surface area contributed by atoms with Gasteiger partial charge in [-0.05, 0) is 31.9 Å². The quantitative estimate of drug-likeness (QED) is 0.720. The number of morpholine rings is 1. The van der Waals surface area contributed by atoms with Gasteiger partial charge in [0.1, 0.15) is 12.4 Å². The topological polar surface area (TPSA) is 62.8 Å². The Balaban J connectivity index is 1.40. The van der Waals surface area contributed by atoms with Crippen molar-refractivity contribution in [3.05, 3.63) is 29.8 Å². The van der Waals surface area contributed by atoms with Crippen molar-refractivity contribution in [2.45, 2.75) is 44.6 Å². The SMILES string of the molecule is Cc1ccc(OCCNC(=O)NCC2(N3CCOCC3)CCCCC2)cc1. The van der Waals surface area contributed by atoms with Crippen LogP contribution in [0.25, 0.3) is 0 Å². The molecule has 0 atom stereocenters. The molecular weight excluding hydrogens is 342 g/mol. The molecule has 2 fully saturated rings. The number of hydrogen-bond acceptors (Lipinski definition) is 4. The van der Waals surface area contributed by atoms with Crippen LogP contribution in [0.15, 0.2) is 24.3 Å². The van der Waals surface area contributed by atoms with E-state index in [9.17, 15) is 4.79 Å². The molecule has 0 bridgehead atoms. The van der Waals surface area contributed by atoms with Crippen molar-refractivity contribution in [3.63, 3.8) is 0 Å². The summed E-state index contributed by atoms with van der Waals surface area (Å²) in [4.78, 5) is 14.8. The maximum atomic E-state index is 12.2. The summed E-state index contributed by atoms with van der Waals surface area (Å²) in [7, 11) is 0. The van der Waals surface area contributed by atoms with E-state index in [1.807, 2.05) is 31.2 Å². The third kappa shape index (κ3) is 5.84. The van der Waals surface area contributed by atoms with Crippen molar-refractivity contribution in [1.29, 1.82) is 0 Å². The summed E-state index contributed by atoms with van der Waals surface area (Å²) in [6.07, 6.45) is 6.10. The Morgan fingerprint density at radius 1 is 1.11 bits per heavy atom. The number of nitrogens with one attached hydrogen (secondary N) is 2. The molecule has 2 N–H and O–H groups in total. The minimum absolute atomic E-state index is 0.0950. The summed E-state index contributed by atoms with van der Waals surface area (Å²) < 4.78 is 11.2. The molecule has 1 aromatic carbocycles. The van der Waals surface area contributed by atoms with E-state index in [1.54, 1.807) is 0 Å². The number of hydrogen-bond donors (Lipinski definition) is 2. The van der Waals surface area contributed by atoms with Crippen LogP contribution in [0.1, 0.15) is 37.7 Å². The molecule has 6 heteroatoms. The highest BCUT2D eigenvalue weighted by atomic mass is 16.5. The van der Waals surface area contributed by atoms with E-state index in [-0.39, 0.29) is 11.6 Å². The Hall–Kier alpha value is -1.79. The molecule has 6 nitrogen and oxygen atoms in total. The maximum absolute atomic E-state index is 12.2. The van der Waals surface area contributed by atoms with Crippen LogP contribution in [0.3, 0.4) is 0 Å². The van der Waals surface area contributed by atoms with Crippen LogP contribution in [0.2, 0.25) is 0 Å². The zero-order chi connectivity index (χ0) is 19.0. The Morgan fingerprint density at radius 3 is 2.52 bits per heavy atom. The molecule has 2 amide bonds. The maximum Gasteiger partial charge on any atom is 0.314 e. The highest BCUT2D eigenvalue weighted by Crippen LogP contribution is 2.33. The van der Waals surface area contributed by atoms with Crippen molar-refractivity contribution in [3.8, 4) is 5.75 Å². The van der Waals surface area contributed by atoms with Gasteiger partial charge in [0.2, 0.25) is 0 Å². The van der Waals surface area contributed by atoms with E-state index in [1.165, 1.54) is 24.8 Å². The molecule has 3 rings (SSSR count). The molecule has 1 aromatic rings. The molecule has 2 aliphatic rings. The molecule has 1 heterocycles. The number of ether oxygens (including phenoxy) is 2. The van der Waals surface area contributed by atoms with Crippen molar-refractivity contribution < 1.29 is 14.3 Å². The van der Waals surface area contributed by atoms with Crippen molar-refractivity contribution in [2.24, 2.45) is 0 Å². The van der Waals surface area contributed by atoms with Crippen LogP contribution in [0.5, 0.6) is 5.75 Å². The fraction of sp³-hybridized carbons (Fsp3) is 0.667. The molecule has 1 aliphatic heterocycles. The summed E-state index contributed by atoms with van der Waals surface area (Å²) in [6.45, 7) is 7.23. The third-order valence-electron chi connectivity index (χ3n) is 5.72. The van der Waals surface area contributed by atoms with E-state index in [0.717, 1.165) is 44.9 Å². The molecule has 0 spiro atoms. The van der Waals surface area contributed by atoms with Crippen LogP contribution in [-0.2, 0) is 4.74 Å². The first-order chi connectivity index (χ1) is 13.2. The van der Waals surface area contributed by atoms with Crippen LogP contribution in [0, 0.1) is 6.92 Å². The highest BCUT2D eigenvalue weighted by Gasteiger charge is 2.38. The monoisotopic (exact) mass is 375 g/mol. The Morgan fingerprint density at radius 2 is 1.81 bits per heavy atom. The van der Waals surface area contributed by atoms with E-state index in [4.69, 9.17) is 9.47 Å². The highest BCUT2D eigenvalue weighted by molar-refractivity contribution is 5.73. The molecule has 27 heavy (non-hydrogen) atoms. The zero-order valence-corrected chi connectivity index (χ0v) is 16.5. The van der Waals surface area contributed by atoms with E-state index < -0.39 is 0 Å². The number of nitrogens with zero attached hydrogens (tertiary/aromatic N) is 1. The van der Waals surface area contributed by atoms with Gasteiger partial charge >= 0.3 is 6.03 Å². The van der Waals surface area contributed by atoms with Gasteiger partial charge in [-0.3, -0.25) is 4.90 Å². The van der Waals surface area contributed by atoms with Gasteiger partial charge < -0.3 is 20.1 Å². The predicted molar refractivity (Wildman–Crippen MR) is 106 cm³/mol. The molecule has 1 aliphatic carbocycles. The molecule has 1 saturated heterocycles. The molecule has 1 saturated carbocycles. The van der Waals surface area contributed by atoms with E-state index in [2.05, 4.69) is 15.5 Å². The van der Waals surface area contributed by atoms with Crippen molar-refractivity contribution >= 4 is 6.03 Å². The number of urea groups is 1. The average molecular weight is 376 g/mol. The normalized spacial score (nSPS) is 20.0. The molecule has 0 unspecified atom stereocenters. The first-order valence-corrected chi connectivity index (χ1v) is 10.2. The van der Waals surface area contributed by atoms with Gasteiger partial charge in [0.25, 0.3) is 0 Å². The van der Waals surface area contributed by atoms with Crippen molar-refractivity contribution in [1.82, 2.24) is 15.5 Å². The summed E-state index contributed by atoms with van der Waals surface area (Å²) >= 11 is 0. The van der Waals surface area contributed by atoms with Crippen LogP contribution in [-0.4, -0.2) is 62.5 Å². The molecular formula is C21H33N3O3. The second-order valence-electron chi connectivity index (χ2n) is 7.66. The van der Waals surface area contributed by atoms with Gasteiger partial charge in [-0.1, -0.05) is 37.0 Å². The van der Waals surface area contributed by atoms with Crippen LogP contribution in [0.4, 0.5) is 4.79 Å². The van der Waals surface area contributed by atoms with Gasteiger partial charge in [0.05, 0.1) is 19.8 Å². The molecule has 150 valence electrons. The second kappa shape index (κ2) is 9.95. The molecule has 0 aromatic heterocycles. The average Bonchev–Trinajstić information content (AvgIpc) is 2.72. The van der Waals surface area contributed by atoms with Gasteiger partial charge in [-0.25, -0.2) is 4.79 Å². The fourth-order valence-corrected chi connectivity index (χ4v) is 4.13. The lowest BCUT2D eigenvalue weighted by Gasteiger charge is -2.48. The number of carbonyl (C=O) groups excluding carboxylic acids is 1. The lowest BCUT2D eigenvalue weighted by molar-refractivity contribution is -0.0357. The lowest BCUT2D eigenvalue weighted by Crippen LogP contribution is -2.60. The minimum atomic E-state index is -0.110. The predicted octanol–water partition coefficient (Wildman–Crippen LogP) is 2.71. The number of aryl methyl sites for hydroxylation is 1. The van der Waals surface area contributed by atoms with Gasteiger partial charge in [0, 0.05) is 25.2 Å². The minimum Gasteiger partial charge on any atom is -0.492 e. The van der Waals surface area contributed by atoms with Gasteiger partial charge in [0.15, 0.2) is 0 Å². The van der Waals surface area contributed by atoms with Gasteiger partial charge in [-0.15, -0.1) is 0 Å². The first kappa shape index (κ1) is 20.0. The zero-order valence-electron chi connectivity index (χ0n) is 16.5. The number of carbonyl (C=O) groups is 1. The second-order valence-corrected chi connectivity index (χ2v) is 7.66. The standard InChI is InChI=1S/C21H33N3O3/c1-18-5-7-19(8-6-18)27-14-11-22-20(25)23-17-21(9-3-2-4-10-21)24-12-15-26-16-13-24/h5-8H,2-4,9-17H2,1H3,(H2,22,23,25). The van der Waals surface area contributed by atoms with Crippen molar-refractivity contribution in [2.75, 3.05) is 46.0 Å². The smallest absolute Gasteiger partial charge is 0.314 e. The first-order valence-electron chi connectivity index (χ1n) is 10.2. The number of benzene rings is 1. The van der Waals surface area contributed by atoms with E-state index >= 15 is 0 Å². The summed E-state index contributed by atoms with van der Waals surface area (Å²) in [5, 5.41) is 6.01. The largest absolute Gasteiger partial charge is 0.492 e. The summed E-state index contributed by atoms with van der Waals surface area (Å²) in [5.41, 5.74) is 1.30. The fourth-order valence-electron chi connectivity index (χ4n) is 4.13. The lowest BCUT2D eigenvalue weighted by atomic mass is 9.80. The number of rotatable bonds is 7. The number of amides is 2. The molecule has 0 radical (unpaired) electrons. The Labute approximate surface area is 162 Å². The third-order valence-corrected chi connectivity index (χ3v) is 5.72. The van der Waals surface area contributed by atoms with E-state index in [0.29, 0.717) is 19.7 Å². The van der Waals surface area contributed by atoms with Crippen LogP contribution < -0.4 is 15.4 Å². The Bertz CT molecular complexity index is 579. The van der Waals surface area contributed by atoms with Crippen LogP contribution >= 0.6 is 0 Å². The summed E-state index contributed by atoms with van der Waals surface area (Å²) in [5.74, 6) is 0.830. The summed E-state index contributed by atoms with van der Waals surface area (Å²) in [6, 6.07) is 7.82. The Kier molecular flexibility index (Phi) is 7.35.